The van der Waals surface area contributed by atoms with Crippen molar-refractivity contribution in [3.8, 4) is 11.5 Å². The zero-order valence-electron chi connectivity index (χ0n) is 18.3. The fourth-order valence-corrected chi connectivity index (χ4v) is 3.56. The van der Waals surface area contributed by atoms with Crippen molar-refractivity contribution in [3.05, 3.63) is 59.2 Å². The molecule has 0 unspecified atom stereocenters. The van der Waals surface area contributed by atoms with Crippen LogP contribution in [0.5, 0.6) is 11.5 Å². The summed E-state index contributed by atoms with van der Waals surface area (Å²) in [6.45, 7) is 2.17. The first-order valence-corrected chi connectivity index (χ1v) is 10.4. The number of nitrogens with zero attached hydrogens (tertiary/aromatic N) is 2. The van der Waals surface area contributed by atoms with Crippen molar-refractivity contribution in [2.24, 2.45) is 5.73 Å². The topological polar surface area (TPSA) is 114 Å². The van der Waals surface area contributed by atoms with E-state index in [9.17, 15) is 14.4 Å². The van der Waals surface area contributed by atoms with E-state index in [1.54, 1.807) is 53.3 Å². The minimum absolute atomic E-state index is 0.140. The molecule has 170 valence electrons. The first kappa shape index (κ1) is 22.9. The Morgan fingerprint density at radius 1 is 0.969 bits per heavy atom. The van der Waals surface area contributed by atoms with E-state index in [0.29, 0.717) is 61.8 Å². The number of rotatable bonds is 7. The van der Waals surface area contributed by atoms with E-state index < -0.39 is 5.91 Å². The standard InChI is InChI=1S/C23H28N4O5/c1-31-18-6-7-19(20(15-18)32-2)22(29)26-10-12-27(13-11-26)23(30)25-9-8-16-4-3-5-17(14-16)21(24)28/h3-7,14-15H,8-13H2,1-2H3,(H2,24,28)(H,25,30). The molecule has 0 bridgehead atoms. The van der Waals surface area contributed by atoms with Crippen molar-refractivity contribution >= 4 is 17.8 Å². The molecule has 9 heteroatoms. The van der Waals surface area contributed by atoms with E-state index in [1.165, 1.54) is 7.11 Å². The molecule has 0 spiro atoms. The highest BCUT2D eigenvalue weighted by Crippen LogP contribution is 2.26. The minimum atomic E-state index is -0.476. The van der Waals surface area contributed by atoms with Crippen LogP contribution in [-0.4, -0.2) is 74.6 Å². The zero-order valence-corrected chi connectivity index (χ0v) is 18.3. The van der Waals surface area contributed by atoms with E-state index in [0.717, 1.165) is 5.56 Å². The predicted molar refractivity (Wildman–Crippen MR) is 119 cm³/mol. The van der Waals surface area contributed by atoms with E-state index in [-0.39, 0.29) is 11.9 Å². The van der Waals surface area contributed by atoms with Gasteiger partial charge in [0.2, 0.25) is 5.91 Å². The number of piperazine rings is 1. The van der Waals surface area contributed by atoms with Gasteiger partial charge in [-0.15, -0.1) is 0 Å². The lowest BCUT2D eigenvalue weighted by atomic mass is 10.1. The number of hydrogen-bond acceptors (Lipinski definition) is 5. The highest BCUT2D eigenvalue weighted by molar-refractivity contribution is 5.97. The summed E-state index contributed by atoms with van der Waals surface area (Å²) in [5.74, 6) is 0.450. The van der Waals surface area contributed by atoms with Crippen LogP contribution in [0, 0.1) is 0 Å². The van der Waals surface area contributed by atoms with Gasteiger partial charge in [-0.2, -0.15) is 0 Å². The lowest BCUT2D eigenvalue weighted by Crippen LogP contribution is -2.53. The Labute approximate surface area is 187 Å². The summed E-state index contributed by atoms with van der Waals surface area (Å²) in [6.07, 6.45) is 0.586. The smallest absolute Gasteiger partial charge is 0.317 e. The fourth-order valence-electron chi connectivity index (χ4n) is 3.56. The zero-order chi connectivity index (χ0) is 23.1. The summed E-state index contributed by atoms with van der Waals surface area (Å²) in [7, 11) is 3.07. The first-order chi connectivity index (χ1) is 15.4. The van der Waals surface area contributed by atoms with Gasteiger partial charge < -0.3 is 30.3 Å². The molecule has 1 fully saturated rings. The number of carbonyl (C=O) groups is 3. The number of methoxy groups -OCH3 is 2. The highest BCUT2D eigenvalue weighted by atomic mass is 16.5. The van der Waals surface area contributed by atoms with Gasteiger partial charge in [-0.25, -0.2) is 4.79 Å². The minimum Gasteiger partial charge on any atom is -0.497 e. The average molecular weight is 441 g/mol. The Balaban J connectivity index is 1.49. The Kier molecular flexibility index (Phi) is 7.54. The summed E-state index contributed by atoms with van der Waals surface area (Å²) < 4.78 is 10.5. The summed E-state index contributed by atoms with van der Waals surface area (Å²) in [4.78, 5) is 40.1. The van der Waals surface area contributed by atoms with Gasteiger partial charge in [-0.1, -0.05) is 12.1 Å². The number of hydrogen-bond donors (Lipinski definition) is 2. The van der Waals surface area contributed by atoms with Crippen LogP contribution in [0.2, 0.25) is 0 Å². The lowest BCUT2D eigenvalue weighted by molar-refractivity contribution is 0.0661. The number of carbonyl (C=O) groups excluding carboxylic acids is 3. The fraction of sp³-hybridized carbons (Fsp3) is 0.348. The van der Waals surface area contributed by atoms with E-state index in [4.69, 9.17) is 15.2 Å². The Morgan fingerprint density at radius 2 is 1.69 bits per heavy atom. The highest BCUT2D eigenvalue weighted by Gasteiger charge is 2.26. The Morgan fingerprint density at radius 3 is 2.34 bits per heavy atom. The molecule has 1 aliphatic heterocycles. The van der Waals surface area contributed by atoms with E-state index >= 15 is 0 Å². The van der Waals surface area contributed by atoms with Crippen molar-refractivity contribution in [3.63, 3.8) is 0 Å². The van der Waals surface area contributed by atoms with Gasteiger partial charge >= 0.3 is 6.03 Å². The van der Waals surface area contributed by atoms with Gasteiger partial charge in [0, 0.05) is 44.4 Å². The molecule has 1 saturated heterocycles. The summed E-state index contributed by atoms with van der Waals surface area (Å²) >= 11 is 0. The third-order valence-corrected chi connectivity index (χ3v) is 5.39. The number of nitrogens with one attached hydrogen (secondary N) is 1. The van der Waals surface area contributed by atoms with Crippen LogP contribution < -0.4 is 20.5 Å². The van der Waals surface area contributed by atoms with Crippen LogP contribution in [0.1, 0.15) is 26.3 Å². The van der Waals surface area contributed by atoms with Crippen LogP contribution in [-0.2, 0) is 6.42 Å². The average Bonchev–Trinajstić information content (AvgIpc) is 2.83. The summed E-state index contributed by atoms with van der Waals surface area (Å²) in [5, 5.41) is 2.89. The molecule has 9 nitrogen and oxygen atoms in total. The molecule has 0 aliphatic carbocycles. The number of primary amides is 1. The van der Waals surface area contributed by atoms with Crippen molar-refractivity contribution in [2.75, 3.05) is 46.9 Å². The maximum absolute atomic E-state index is 12.9. The van der Waals surface area contributed by atoms with Gasteiger partial charge in [-0.05, 0) is 36.2 Å². The number of urea groups is 1. The van der Waals surface area contributed by atoms with Gasteiger partial charge in [0.15, 0.2) is 0 Å². The van der Waals surface area contributed by atoms with Crippen LogP contribution in [0.15, 0.2) is 42.5 Å². The van der Waals surface area contributed by atoms with Crippen LogP contribution >= 0.6 is 0 Å². The molecule has 4 amide bonds. The maximum atomic E-state index is 12.9. The van der Waals surface area contributed by atoms with E-state index in [1.807, 2.05) is 6.07 Å². The summed E-state index contributed by atoms with van der Waals surface area (Å²) in [5.41, 5.74) is 7.13. The van der Waals surface area contributed by atoms with Crippen molar-refractivity contribution in [1.29, 1.82) is 0 Å². The Hall–Kier alpha value is -3.75. The van der Waals surface area contributed by atoms with Crippen LogP contribution in [0.25, 0.3) is 0 Å². The lowest BCUT2D eigenvalue weighted by Gasteiger charge is -2.35. The largest absolute Gasteiger partial charge is 0.497 e. The number of amides is 4. The molecule has 3 N–H and O–H groups in total. The quantitative estimate of drug-likeness (QED) is 0.678. The predicted octanol–water partition coefficient (Wildman–Crippen LogP) is 1.51. The number of benzene rings is 2. The van der Waals surface area contributed by atoms with Gasteiger partial charge in [0.25, 0.3) is 5.91 Å². The molecule has 2 aromatic carbocycles. The monoisotopic (exact) mass is 440 g/mol. The SMILES string of the molecule is COc1ccc(C(=O)N2CCN(C(=O)NCCc3cccc(C(N)=O)c3)CC2)c(OC)c1. The van der Waals surface area contributed by atoms with Crippen molar-refractivity contribution in [2.45, 2.75) is 6.42 Å². The molecule has 1 aliphatic rings. The number of nitrogens with two attached hydrogens (primary N) is 1. The van der Waals surface area contributed by atoms with Gasteiger partial charge in [0.1, 0.15) is 11.5 Å². The van der Waals surface area contributed by atoms with Crippen molar-refractivity contribution < 1.29 is 23.9 Å². The van der Waals surface area contributed by atoms with Crippen LogP contribution in [0.3, 0.4) is 0 Å². The van der Waals surface area contributed by atoms with Gasteiger partial charge in [0.05, 0.1) is 19.8 Å². The molecule has 0 radical (unpaired) electrons. The first-order valence-electron chi connectivity index (χ1n) is 10.4. The molecule has 1 heterocycles. The second kappa shape index (κ2) is 10.5. The van der Waals surface area contributed by atoms with E-state index in [2.05, 4.69) is 5.32 Å². The number of ether oxygens (including phenoxy) is 2. The molecule has 32 heavy (non-hydrogen) atoms. The Bertz CT molecular complexity index is 986. The molecule has 0 saturated carbocycles. The normalized spacial score (nSPS) is 13.4. The third kappa shape index (κ3) is 5.48. The van der Waals surface area contributed by atoms with Crippen LogP contribution in [0.4, 0.5) is 4.79 Å². The molecular weight excluding hydrogens is 412 g/mol. The summed E-state index contributed by atoms with van der Waals surface area (Å²) in [6, 6.07) is 12.0. The second-order valence-electron chi connectivity index (χ2n) is 7.39. The molecular formula is C23H28N4O5. The van der Waals surface area contributed by atoms with Gasteiger partial charge in [-0.3, -0.25) is 9.59 Å². The molecule has 0 aromatic heterocycles. The maximum Gasteiger partial charge on any atom is 0.317 e. The third-order valence-electron chi connectivity index (χ3n) is 5.39. The molecule has 0 atom stereocenters. The molecule has 2 aromatic rings. The van der Waals surface area contributed by atoms with Crippen molar-refractivity contribution in [1.82, 2.24) is 15.1 Å². The second-order valence-corrected chi connectivity index (χ2v) is 7.39. The molecule has 3 rings (SSSR count).